The van der Waals surface area contributed by atoms with Crippen LogP contribution in [0.5, 0.6) is 5.75 Å². The Balaban J connectivity index is 1.83. The maximum atomic E-state index is 10.2. The number of aliphatic hydroxyl groups is 1. The van der Waals surface area contributed by atoms with Gasteiger partial charge in [0.1, 0.15) is 11.6 Å². The highest BCUT2D eigenvalue weighted by molar-refractivity contribution is 5.31. The van der Waals surface area contributed by atoms with Crippen LogP contribution in [-0.2, 0) is 6.54 Å². The molecular formula is C18H25N3O2. The van der Waals surface area contributed by atoms with Crippen LogP contribution in [0.3, 0.4) is 0 Å². The molecule has 124 valence electrons. The van der Waals surface area contributed by atoms with Crippen LogP contribution in [0.4, 0.5) is 0 Å². The Morgan fingerprint density at radius 2 is 2.22 bits per heavy atom. The maximum absolute atomic E-state index is 10.2. The minimum Gasteiger partial charge on any atom is -0.497 e. The van der Waals surface area contributed by atoms with E-state index in [2.05, 4.69) is 40.4 Å². The van der Waals surface area contributed by atoms with E-state index in [9.17, 15) is 5.11 Å². The van der Waals surface area contributed by atoms with Crippen molar-refractivity contribution in [3.63, 3.8) is 0 Å². The van der Waals surface area contributed by atoms with Crippen molar-refractivity contribution in [2.24, 2.45) is 0 Å². The van der Waals surface area contributed by atoms with Crippen LogP contribution in [0.1, 0.15) is 43.7 Å². The number of imidazole rings is 1. The van der Waals surface area contributed by atoms with E-state index in [1.165, 1.54) is 5.56 Å². The van der Waals surface area contributed by atoms with Crippen molar-refractivity contribution in [2.75, 3.05) is 13.7 Å². The van der Waals surface area contributed by atoms with Gasteiger partial charge in [0.2, 0.25) is 0 Å². The van der Waals surface area contributed by atoms with Crippen LogP contribution in [0, 0.1) is 0 Å². The minimum absolute atomic E-state index is 0.192. The highest BCUT2D eigenvalue weighted by Gasteiger charge is 2.33. The summed E-state index contributed by atoms with van der Waals surface area (Å²) in [5.74, 6) is 1.90. The lowest BCUT2D eigenvalue weighted by Crippen LogP contribution is -2.26. The zero-order valence-corrected chi connectivity index (χ0v) is 14.0. The monoisotopic (exact) mass is 315 g/mol. The summed E-state index contributed by atoms with van der Waals surface area (Å²) in [6.45, 7) is 5.73. The molecule has 1 fully saturated rings. The van der Waals surface area contributed by atoms with Gasteiger partial charge in [0.25, 0.3) is 0 Å². The number of methoxy groups -OCH3 is 1. The van der Waals surface area contributed by atoms with E-state index >= 15 is 0 Å². The molecule has 3 rings (SSSR count). The third-order valence-electron chi connectivity index (χ3n) is 4.51. The Hall–Kier alpha value is -1.85. The molecular weight excluding hydrogens is 290 g/mol. The lowest BCUT2D eigenvalue weighted by atomic mass is 10.0. The van der Waals surface area contributed by atoms with Gasteiger partial charge in [-0.3, -0.25) is 4.90 Å². The van der Waals surface area contributed by atoms with Crippen LogP contribution in [0.15, 0.2) is 36.7 Å². The van der Waals surface area contributed by atoms with Crippen molar-refractivity contribution in [2.45, 2.75) is 45.0 Å². The molecule has 23 heavy (non-hydrogen) atoms. The molecule has 2 atom stereocenters. The molecule has 5 heteroatoms. The molecule has 0 unspecified atom stereocenters. The van der Waals surface area contributed by atoms with Crippen molar-refractivity contribution < 1.29 is 9.84 Å². The summed E-state index contributed by atoms with van der Waals surface area (Å²) in [6.07, 6.45) is 4.32. The quantitative estimate of drug-likeness (QED) is 0.922. The van der Waals surface area contributed by atoms with Gasteiger partial charge in [0, 0.05) is 31.0 Å². The number of aromatic nitrogens is 2. The van der Waals surface area contributed by atoms with Gasteiger partial charge in [-0.05, 0) is 38.0 Å². The molecule has 5 nitrogen and oxygen atoms in total. The van der Waals surface area contributed by atoms with E-state index in [-0.39, 0.29) is 12.1 Å². The molecule has 0 amide bonds. The standard InChI is InChI=1S/C18H25N3O2/c1-13(2)21-8-7-19-18(21)12-20-11-15(22)10-17(20)14-5-4-6-16(9-14)23-3/h4-9,13,15,17,22H,10-12H2,1-3H3/t15-,17-/m0/s1. The zero-order chi connectivity index (χ0) is 16.4. The molecule has 0 radical (unpaired) electrons. The number of benzene rings is 1. The average molecular weight is 315 g/mol. The Morgan fingerprint density at radius 1 is 1.39 bits per heavy atom. The molecule has 1 aliphatic rings. The Labute approximate surface area is 137 Å². The van der Waals surface area contributed by atoms with E-state index in [0.717, 1.165) is 24.5 Å². The maximum Gasteiger partial charge on any atom is 0.123 e. The Morgan fingerprint density at radius 3 is 2.96 bits per heavy atom. The fraction of sp³-hybridized carbons (Fsp3) is 0.500. The normalized spacial score (nSPS) is 22.0. The first-order valence-electron chi connectivity index (χ1n) is 8.16. The number of nitrogens with zero attached hydrogens (tertiary/aromatic N) is 3. The summed E-state index contributed by atoms with van der Waals surface area (Å²) in [6, 6.07) is 8.70. The smallest absolute Gasteiger partial charge is 0.123 e. The first-order chi connectivity index (χ1) is 11.1. The van der Waals surface area contributed by atoms with Gasteiger partial charge in [0.05, 0.1) is 19.8 Å². The van der Waals surface area contributed by atoms with E-state index in [1.807, 2.05) is 24.5 Å². The summed E-state index contributed by atoms with van der Waals surface area (Å²) in [5, 5.41) is 10.2. The van der Waals surface area contributed by atoms with Crippen molar-refractivity contribution >= 4 is 0 Å². The fourth-order valence-electron chi connectivity index (χ4n) is 3.37. The molecule has 2 heterocycles. The van der Waals surface area contributed by atoms with E-state index in [1.54, 1.807) is 7.11 Å². The predicted octanol–water partition coefficient (Wildman–Crippen LogP) is 2.78. The number of likely N-dealkylation sites (tertiary alicyclic amines) is 1. The second-order valence-electron chi connectivity index (χ2n) is 6.46. The molecule has 0 spiro atoms. The summed E-state index contributed by atoms with van der Waals surface area (Å²) in [5.41, 5.74) is 1.18. The molecule has 1 N–H and O–H groups in total. The highest BCUT2D eigenvalue weighted by Crippen LogP contribution is 2.34. The van der Waals surface area contributed by atoms with Crippen molar-refractivity contribution in [3.05, 3.63) is 48.0 Å². The highest BCUT2D eigenvalue weighted by atomic mass is 16.5. The Kier molecular flexibility index (Phi) is 4.68. The van der Waals surface area contributed by atoms with E-state index < -0.39 is 0 Å². The molecule has 0 saturated carbocycles. The van der Waals surface area contributed by atoms with Crippen LogP contribution >= 0.6 is 0 Å². The van der Waals surface area contributed by atoms with Crippen LogP contribution in [-0.4, -0.2) is 39.3 Å². The summed E-state index contributed by atoms with van der Waals surface area (Å²) < 4.78 is 7.52. The number of hydrogen-bond acceptors (Lipinski definition) is 4. The third-order valence-corrected chi connectivity index (χ3v) is 4.51. The third kappa shape index (κ3) is 3.41. The lowest BCUT2D eigenvalue weighted by Gasteiger charge is -2.25. The second kappa shape index (κ2) is 6.72. The topological polar surface area (TPSA) is 50.5 Å². The first-order valence-corrected chi connectivity index (χ1v) is 8.16. The second-order valence-corrected chi connectivity index (χ2v) is 6.46. The van der Waals surface area contributed by atoms with Crippen molar-refractivity contribution in [1.82, 2.24) is 14.5 Å². The summed E-state index contributed by atoms with van der Waals surface area (Å²) in [7, 11) is 1.68. The zero-order valence-electron chi connectivity index (χ0n) is 14.0. The molecule has 0 aliphatic carbocycles. The van der Waals surface area contributed by atoms with Crippen molar-refractivity contribution in [3.8, 4) is 5.75 Å². The molecule has 0 bridgehead atoms. The minimum atomic E-state index is -0.298. The Bertz CT molecular complexity index is 653. The number of β-amino-alcohol motifs (C(OH)–C–C–N with tert-alkyl or cyclic N) is 1. The van der Waals surface area contributed by atoms with Gasteiger partial charge in [-0.2, -0.15) is 0 Å². The van der Waals surface area contributed by atoms with Crippen molar-refractivity contribution in [1.29, 1.82) is 0 Å². The largest absolute Gasteiger partial charge is 0.497 e. The van der Waals surface area contributed by atoms with Crippen LogP contribution in [0.25, 0.3) is 0 Å². The molecule has 1 saturated heterocycles. The number of aliphatic hydroxyl groups excluding tert-OH is 1. The van der Waals surface area contributed by atoms with Gasteiger partial charge >= 0.3 is 0 Å². The number of rotatable bonds is 5. The van der Waals surface area contributed by atoms with Crippen LogP contribution in [0.2, 0.25) is 0 Å². The van der Waals surface area contributed by atoms with E-state index in [4.69, 9.17) is 4.74 Å². The molecule has 1 aromatic heterocycles. The molecule has 2 aromatic rings. The SMILES string of the molecule is COc1cccc([C@@H]2C[C@H](O)CN2Cc2nccn2C(C)C)c1. The molecule has 1 aromatic carbocycles. The number of ether oxygens (including phenoxy) is 1. The lowest BCUT2D eigenvalue weighted by molar-refractivity contribution is 0.170. The summed E-state index contributed by atoms with van der Waals surface area (Å²) >= 11 is 0. The average Bonchev–Trinajstić information content (AvgIpc) is 3.14. The van der Waals surface area contributed by atoms with Gasteiger partial charge in [-0.15, -0.1) is 0 Å². The molecule has 1 aliphatic heterocycles. The van der Waals surface area contributed by atoms with Gasteiger partial charge in [-0.1, -0.05) is 12.1 Å². The van der Waals surface area contributed by atoms with E-state index in [0.29, 0.717) is 12.6 Å². The summed E-state index contributed by atoms with van der Waals surface area (Å²) in [4.78, 5) is 6.81. The van der Waals surface area contributed by atoms with Gasteiger partial charge in [0.15, 0.2) is 0 Å². The van der Waals surface area contributed by atoms with Gasteiger partial charge in [-0.25, -0.2) is 4.98 Å². The predicted molar refractivity (Wildman–Crippen MR) is 89.4 cm³/mol. The first kappa shape index (κ1) is 16.0. The van der Waals surface area contributed by atoms with Gasteiger partial charge < -0.3 is 14.4 Å². The fourth-order valence-corrected chi connectivity index (χ4v) is 3.37. The van der Waals surface area contributed by atoms with Crippen LogP contribution < -0.4 is 4.74 Å². The number of hydrogen-bond donors (Lipinski definition) is 1.